The van der Waals surface area contributed by atoms with E-state index >= 15 is 0 Å². The fraction of sp³-hybridized carbons (Fsp3) is 0.0526. The van der Waals surface area contributed by atoms with Crippen LogP contribution in [0.15, 0.2) is 41.3 Å². The van der Waals surface area contributed by atoms with Crippen molar-refractivity contribution in [3.8, 4) is 22.8 Å². The van der Waals surface area contributed by atoms with E-state index in [1.807, 2.05) is 0 Å². The standard InChI is InChI=1S/C19H11ClF2N2O3S/c1-27-14-6-9(5-10(20)17(14)25)7-15-18(26)24-8-13(23-19(24)28-15)16-11(21)3-2-4-12(16)22/h2-8,25H,1H3/b15-7-. The number of nitrogens with zero attached hydrogens (tertiary/aromatic N) is 2. The van der Waals surface area contributed by atoms with Gasteiger partial charge in [-0.15, -0.1) is 0 Å². The first-order valence-corrected chi connectivity index (χ1v) is 9.13. The third kappa shape index (κ3) is 3.00. The molecule has 0 aliphatic rings. The van der Waals surface area contributed by atoms with Crippen molar-refractivity contribution in [3.63, 3.8) is 0 Å². The highest BCUT2D eigenvalue weighted by Crippen LogP contribution is 2.35. The van der Waals surface area contributed by atoms with Crippen molar-refractivity contribution in [1.82, 2.24) is 9.38 Å². The molecule has 2 aromatic heterocycles. The van der Waals surface area contributed by atoms with Crippen LogP contribution >= 0.6 is 22.9 Å². The van der Waals surface area contributed by atoms with E-state index in [1.54, 1.807) is 6.08 Å². The van der Waals surface area contributed by atoms with E-state index in [9.17, 15) is 18.7 Å². The maximum absolute atomic E-state index is 14.0. The molecule has 0 fully saturated rings. The lowest BCUT2D eigenvalue weighted by Crippen LogP contribution is -2.22. The maximum atomic E-state index is 14.0. The van der Waals surface area contributed by atoms with Crippen molar-refractivity contribution >= 4 is 34.0 Å². The first-order valence-electron chi connectivity index (χ1n) is 7.93. The summed E-state index contributed by atoms with van der Waals surface area (Å²) in [5.41, 5.74) is -0.0847. The van der Waals surface area contributed by atoms with E-state index in [1.165, 1.54) is 35.9 Å². The highest BCUT2D eigenvalue weighted by Gasteiger charge is 2.17. The molecule has 0 aliphatic carbocycles. The Kier molecular flexibility index (Phi) is 4.52. The van der Waals surface area contributed by atoms with Crippen molar-refractivity contribution in [2.45, 2.75) is 0 Å². The normalized spacial score (nSPS) is 12.1. The molecule has 1 N–H and O–H groups in total. The molecule has 2 heterocycles. The van der Waals surface area contributed by atoms with Crippen LogP contribution in [0, 0.1) is 11.6 Å². The average Bonchev–Trinajstić information content (AvgIpc) is 3.17. The van der Waals surface area contributed by atoms with E-state index in [0.717, 1.165) is 23.5 Å². The molecular formula is C19H11ClF2N2O3S. The molecule has 142 valence electrons. The minimum Gasteiger partial charge on any atom is -0.503 e. The number of ether oxygens (including phenoxy) is 1. The highest BCUT2D eigenvalue weighted by molar-refractivity contribution is 7.15. The van der Waals surface area contributed by atoms with E-state index in [0.29, 0.717) is 15.1 Å². The third-order valence-corrected chi connectivity index (χ3v) is 5.36. The summed E-state index contributed by atoms with van der Waals surface area (Å²) >= 11 is 7.03. The van der Waals surface area contributed by atoms with Crippen molar-refractivity contribution < 1.29 is 18.6 Å². The summed E-state index contributed by atoms with van der Waals surface area (Å²) in [6, 6.07) is 6.54. The Bertz CT molecular complexity index is 1310. The van der Waals surface area contributed by atoms with Crippen LogP contribution in [0.5, 0.6) is 11.5 Å². The minimum absolute atomic E-state index is 0.0415. The lowest BCUT2D eigenvalue weighted by atomic mass is 10.1. The Hall–Kier alpha value is -2.97. The summed E-state index contributed by atoms with van der Waals surface area (Å²) in [6.45, 7) is 0. The van der Waals surface area contributed by atoms with Crippen LogP contribution in [0.4, 0.5) is 8.78 Å². The highest BCUT2D eigenvalue weighted by atomic mass is 35.5. The van der Waals surface area contributed by atoms with Gasteiger partial charge >= 0.3 is 0 Å². The summed E-state index contributed by atoms with van der Waals surface area (Å²) in [5.74, 6) is -1.53. The lowest BCUT2D eigenvalue weighted by molar-refractivity contribution is 0.373. The van der Waals surface area contributed by atoms with Crippen LogP contribution in [0.2, 0.25) is 5.02 Å². The quantitative estimate of drug-likeness (QED) is 0.550. The van der Waals surface area contributed by atoms with Gasteiger partial charge in [-0.3, -0.25) is 9.20 Å². The summed E-state index contributed by atoms with van der Waals surface area (Å²) in [4.78, 5) is 17.1. The van der Waals surface area contributed by atoms with Crippen molar-refractivity contribution in [2.24, 2.45) is 0 Å². The molecule has 4 rings (SSSR count). The molecule has 0 atom stereocenters. The first kappa shape index (κ1) is 18.4. The van der Waals surface area contributed by atoms with Gasteiger partial charge in [0.25, 0.3) is 5.56 Å². The van der Waals surface area contributed by atoms with Crippen LogP contribution in [0.25, 0.3) is 22.3 Å². The smallest absolute Gasteiger partial charge is 0.274 e. The number of benzene rings is 2. The van der Waals surface area contributed by atoms with Gasteiger partial charge in [-0.2, -0.15) is 0 Å². The zero-order chi connectivity index (χ0) is 20.0. The van der Waals surface area contributed by atoms with Gasteiger partial charge in [0.05, 0.1) is 27.9 Å². The number of aromatic nitrogens is 2. The number of phenolic OH excluding ortho intramolecular Hbond substituents is 1. The van der Waals surface area contributed by atoms with E-state index in [4.69, 9.17) is 16.3 Å². The average molecular weight is 421 g/mol. The number of imidazole rings is 1. The van der Waals surface area contributed by atoms with Gasteiger partial charge in [-0.05, 0) is 35.9 Å². The second kappa shape index (κ2) is 6.88. The zero-order valence-electron chi connectivity index (χ0n) is 14.2. The van der Waals surface area contributed by atoms with Crippen LogP contribution in [0.3, 0.4) is 0 Å². The van der Waals surface area contributed by atoms with Gasteiger partial charge in [-0.1, -0.05) is 29.0 Å². The molecular weight excluding hydrogens is 410 g/mol. The number of hydrogen-bond donors (Lipinski definition) is 1. The van der Waals surface area contributed by atoms with Crippen LogP contribution < -0.4 is 14.8 Å². The lowest BCUT2D eigenvalue weighted by Gasteiger charge is -2.05. The molecule has 0 bridgehead atoms. The summed E-state index contributed by atoms with van der Waals surface area (Å²) < 4.78 is 34.6. The molecule has 0 spiro atoms. The van der Waals surface area contributed by atoms with Gasteiger partial charge in [0.15, 0.2) is 16.5 Å². The number of halogens is 3. The van der Waals surface area contributed by atoms with Gasteiger partial charge in [0.1, 0.15) is 11.6 Å². The molecule has 0 saturated carbocycles. The fourth-order valence-electron chi connectivity index (χ4n) is 2.78. The van der Waals surface area contributed by atoms with E-state index in [-0.39, 0.29) is 27.8 Å². The molecule has 0 saturated heterocycles. The number of hydrogen-bond acceptors (Lipinski definition) is 5. The summed E-state index contributed by atoms with van der Waals surface area (Å²) in [6.07, 6.45) is 2.87. The zero-order valence-corrected chi connectivity index (χ0v) is 15.8. The molecule has 0 unspecified atom stereocenters. The van der Waals surface area contributed by atoms with Crippen LogP contribution in [-0.4, -0.2) is 21.6 Å². The predicted octanol–water partition coefficient (Wildman–Crippen LogP) is 3.62. The monoisotopic (exact) mass is 420 g/mol. The molecule has 2 aromatic carbocycles. The largest absolute Gasteiger partial charge is 0.503 e. The number of methoxy groups -OCH3 is 1. The third-order valence-electron chi connectivity index (χ3n) is 4.09. The molecule has 5 nitrogen and oxygen atoms in total. The van der Waals surface area contributed by atoms with Gasteiger partial charge in [-0.25, -0.2) is 13.8 Å². The molecule has 28 heavy (non-hydrogen) atoms. The number of phenols is 1. The number of fused-ring (bicyclic) bond motifs is 1. The molecule has 9 heteroatoms. The van der Waals surface area contributed by atoms with Crippen LogP contribution in [-0.2, 0) is 0 Å². The van der Waals surface area contributed by atoms with Crippen molar-refractivity contribution in [3.05, 3.63) is 73.6 Å². The summed E-state index contributed by atoms with van der Waals surface area (Å²) in [5, 5.41) is 9.88. The Labute approximate surface area is 165 Å². The Morgan fingerprint density at radius 1 is 1.29 bits per heavy atom. The number of thiazole rings is 1. The fourth-order valence-corrected chi connectivity index (χ4v) is 3.95. The Balaban J connectivity index is 1.85. The minimum atomic E-state index is -0.754. The molecule has 0 radical (unpaired) electrons. The number of aromatic hydroxyl groups is 1. The van der Waals surface area contributed by atoms with E-state index < -0.39 is 17.2 Å². The van der Waals surface area contributed by atoms with E-state index in [2.05, 4.69) is 4.98 Å². The van der Waals surface area contributed by atoms with Gasteiger partial charge in [0.2, 0.25) is 0 Å². The Morgan fingerprint density at radius 2 is 2.00 bits per heavy atom. The molecule has 0 aliphatic heterocycles. The van der Waals surface area contributed by atoms with Crippen LogP contribution in [0.1, 0.15) is 5.56 Å². The second-order valence-electron chi connectivity index (χ2n) is 5.84. The first-order chi connectivity index (χ1) is 13.4. The SMILES string of the molecule is COc1cc(/C=c2\sc3nc(-c4c(F)cccc4F)cn3c2=O)cc(Cl)c1O. The maximum Gasteiger partial charge on any atom is 0.274 e. The number of rotatable bonds is 3. The van der Waals surface area contributed by atoms with Crippen molar-refractivity contribution in [1.29, 1.82) is 0 Å². The van der Waals surface area contributed by atoms with Gasteiger partial charge in [0, 0.05) is 6.20 Å². The second-order valence-corrected chi connectivity index (χ2v) is 7.26. The van der Waals surface area contributed by atoms with Crippen molar-refractivity contribution in [2.75, 3.05) is 7.11 Å². The topological polar surface area (TPSA) is 63.8 Å². The molecule has 0 amide bonds. The Morgan fingerprint density at radius 3 is 2.64 bits per heavy atom. The van der Waals surface area contributed by atoms with Gasteiger partial charge < -0.3 is 9.84 Å². The summed E-state index contributed by atoms with van der Waals surface area (Å²) in [7, 11) is 1.39. The predicted molar refractivity (Wildman–Crippen MR) is 103 cm³/mol. The molecule has 4 aromatic rings.